The van der Waals surface area contributed by atoms with Gasteiger partial charge in [0, 0.05) is 57.5 Å². The Balaban J connectivity index is 2.01. The Kier molecular flexibility index (Phi) is 2.47. The number of aromatic nitrogens is 2. The highest BCUT2D eigenvalue weighted by Gasteiger charge is 2.14. The first kappa shape index (κ1) is 12.5. The van der Waals surface area contributed by atoms with Crippen molar-refractivity contribution in [3.8, 4) is 16.9 Å². The number of nitrogens with one attached hydrogen (secondary N) is 2. The third-order valence-corrected chi connectivity index (χ3v) is 3.83. The predicted octanol–water partition coefficient (Wildman–Crippen LogP) is 3.93. The fourth-order valence-corrected chi connectivity index (χ4v) is 2.78. The number of rotatable bonds is 2. The van der Waals surface area contributed by atoms with E-state index in [0.717, 1.165) is 32.9 Å². The van der Waals surface area contributed by atoms with Crippen LogP contribution in [0.25, 0.3) is 32.9 Å². The van der Waals surface area contributed by atoms with Crippen LogP contribution >= 0.6 is 0 Å². The van der Waals surface area contributed by atoms with Crippen molar-refractivity contribution in [1.29, 1.82) is 0 Å². The maximum absolute atomic E-state index is 11.0. The van der Waals surface area contributed by atoms with E-state index in [1.54, 1.807) is 30.3 Å². The summed E-state index contributed by atoms with van der Waals surface area (Å²) in [7, 11) is 0. The van der Waals surface area contributed by atoms with Gasteiger partial charge in [-0.1, -0.05) is 0 Å². The monoisotopic (exact) mass is 293 g/mol. The highest BCUT2D eigenvalue weighted by molar-refractivity contribution is 6.05. The van der Waals surface area contributed by atoms with E-state index < -0.39 is 4.92 Å². The Hall–Kier alpha value is -3.28. The standard InChI is InChI=1S/C16H11N3O3/c20-10-2-4-16-12(6-10)14(8-18-16)13-7-17-15-3-1-9(19(21)22)5-11(13)15/h1-8,17-18,20H. The van der Waals surface area contributed by atoms with Crippen molar-refractivity contribution in [3.63, 3.8) is 0 Å². The van der Waals surface area contributed by atoms with Crippen molar-refractivity contribution in [2.75, 3.05) is 0 Å². The number of non-ortho nitro benzene ring substituents is 1. The molecule has 0 aliphatic carbocycles. The van der Waals surface area contributed by atoms with Gasteiger partial charge in [0.2, 0.25) is 0 Å². The van der Waals surface area contributed by atoms with Crippen molar-refractivity contribution in [2.45, 2.75) is 0 Å². The first-order valence-corrected chi connectivity index (χ1v) is 6.69. The summed E-state index contributed by atoms with van der Waals surface area (Å²) in [5.41, 5.74) is 3.52. The normalized spacial score (nSPS) is 11.3. The maximum Gasteiger partial charge on any atom is 0.270 e. The molecular weight excluding hydrogens is 282 g/mol. The minimum absolute atomic E-state index is 0.0519. The summed E-state index contributed by atoms with van der Waals surface area (Å²) in [4.78, 5) is 16.8. The SMILES string of the molecule is O=[N+]([O-])c1ccc2[nH]cc(-c3c[nH]c4ccc(O)cc34)c2c1. The number of fused-ring (bicyclic) bond motifs is 2. The molecule has 0 radical (unpaired) electrons. The van der Waals surface area contributed by atoms with E-state index in [1.807, 2.05) is 12.4 Å². The van der Waals surface area contributed by atoms with Crippen molar-refractivity contribution in [3.05, 3.63) is 58.9 Å². The zero-order chi connectivity index (χ0) is 15.3. The topological polar surface area (TPSA) is 95.0 Å². The molecule has 6 heteroatoms. The van der Waals surface area contributed by atoms with Crippen LogP contribution in [0.5, 0.6) is 5.75 Å². The van der Waals surface area contributed by atoms with Gasteiger partial charge in [-0.2, -0.15) is 0 Å². The average Bonchev–Trinajstić information content (AvgIpc) is 3.09. The molecule has 0 fully saturated rings. The molecule has 0 saturated carbocycles. The van der Waals surface area contributed by atoms with Crippen LogP contribution in [0.15, 0.2) is 48.8 Å². The van der Waals surface area contributed by atoms with Crippen LogP contribution in [0.4, 0.5) is 5.69 Å². The van der Waals surface area contributed by atoms with Gasteiger partial charge in [0.05, 0.1) is 4.92 Å². The number of hydrogen-bond donors (Lipinski definition) is 3. The zero-order valence-corrected chi connectivity index (χ0v) is 11.3. The van der Waals surface area contributed by atoms with Crippen molar-refractivity contribution < 1.29 is 10.0 Å². The van der Waals surface area contributed by atoms with Crippen molar-refractivity contribution >= 4 is 27.5 Å². The van der Waals surface area contributed by atoms with E-state index in [1.165, 1.54) is 6.07 Å². The Morgan fingerprint density at radius 1 is 0.909 bits per heavy atom. The number of phenols is 1. The molecule has 0 unspecified atom stereocenters. The lowest BCUT2D eigenvalue weighted by atomic mass is 10.0. The van der Waals surface area contributed by atoms with Crippen LogP contribution in [-0.4, -0.2) is 20.0 Å². The highest BCUT2D eigenvalue weighted by atomic mass is 16.6. The van der Waals surface area contributed by atoms with Gasteiger partial charge in [-0.3, -0.25) is 10.1 Å². The smallest absolute Gasteiger partial charge is 0.270 e. The summed E-state index contributed by atoms with van der Waals surface area (Å²) in [6.45, 7) is 0. The van der Waals surface area contributed by atoms with Crippen LogP contribution in [-0.2, 0) is 0 Å². The van der Waals surface area contributed by atoms with E-state index in [4.69, 9.17) is 0 Å². The number of aromatic amines is 2. The lowest BCUT2D eigenvalue weighted by Gasteiger charge is -1.99. The number of phenolic OH excluding ortho intramolecular Hbond substituents is 1. The minimum Gasteiger partial charge on any atom is -0.508 e. The molecule has 2 heterocycles. The van der Waals surface area contributed by atoms with E-state index >= 15 is 0 Å². The van der Waals surface area contributed by atoms with Crippen LogP contribution in [0, 0.1) is 10.1 Å². The van der Waals surface area contributed by atoms with Gasteiger partial charge in [0.25, 0.3) is 5.69 Å². The quantitative estimate of drug-likeness (QED) is 0.386. The number of aromatic hydroxyl groups is 1. The average molecular weight is 293 g/mol. The fourth-order valence-electron chi connectivity index (χ4n) is 2.78. The Bertz CT molecular complexity index is 1030. The van der Waals surface area contributed by atoms with Crippen LogP contribution in [0.3, 0.4) is 0 Å². The number of nitro benzene ring substituents is 1. The summed E-state index contributed by atoms with van der Waals surface area (Å²) in [5, 5.41) is 22.3. The molecule has 0 spiro atoms. The molecule has 108 valence electrons. The number of hydrogen-bond acceptors (Lipinski definition) is 3. The van der Waals surface area contributed by atoms with Gasteiger partial charge < -0.3 is 15.1 Å². The van der Waals surface area contributed by atoms with Gasteiger partial charge >= 0.3 is 0 Å². The van der Waals surface area contributed by atoms with Gasteiger partial charge in [0.15, 0.2) is 0 Å². The molecular formula is C16H11N3O3. The Labute approximate surface area is 124 Å². The van der Waals surface area contributed by atoms with Crippen molar-refractivity contribution in [1.82, 2.24) is 9.97 Å². The second-order valence-electron chi connectivity index (χ2n) is 5.12. The summed E-state index contributed by atoms with van der Waals surface area (Å²) in [5.74, 6) is 0.180. The minimum atomic E-state index is -0.405. The molecule has 0 aliphatic rings. The molecule has 2 aromatic carbocycles. The van der Waals surface area contributed by atoms with Gasteiger partial charge in [-0.25, -0.2) is 0 Å². The maximum atomic E-state index is 11.0. The third-order valence-electron chi connectivity index (χ3n) is 3.83. The zero-order valence-electron chi connectivity index (χ0n) is 11.3. The fraction of sp³-hybridized carbons (Fsp3) is 0. The molecule has 0 amide bonds. The van der Waals surface area contributed by atoms with Crippen LogP contribution in [0.1, 0.15) is 0 Å². The molecule has 0 atom stereocenters. The number of nitrogens with zero attached hydrogens (tertiary/aromatic N) is 1. The first-order chi connectivity index (χ1) is 10.6. The van der Waals surface area contributed by atoms with E-state index in [-0.39, 0.29) is 11.4 Å². The molecule has 4 rings (SSSR count). The predicted molar refractivity (Wildman–Crippen MR) is 83.9 cm³/mol. The number of H-pyrrole nitrogens is 2. The van der Waals surface area contributed by atoms with Gasteiger partial charge in [0.1, 0.15) is 5.75 Å². The van der Waals surface area contributed by atoms with Gasteiger partial charge in [-0.15, -0.1) is 0 Å². The molecule has 22 heavy (non-hydrogen) atoms. The number of nitro groups is 1. The lowest BCUT2D eigenvalue weighted by molar-refractivity contribution is -0.384. The lowest BCUT2D eigenvalue weighted by Crippen LogP contribution is -1.86. The first-order valence-electron chi connectivity index (χ1n) is 6.69. The van der Waals surface area contributed by atoms with Crippen LogP contribution in [0.2, 0.25) is 0 Å². The molecule has 3 N–H and O–H groups in total. The third kappa shape index (κ3) is 1.74. The molecule has 4 aromatic rings. The molecule has 0 bridgehead atoms. The Morgan fingerprint density at radius 3 is 2.14 bits per heavy atom. The van der Waals surface area contributed by atoms with E-state index in [9.17, 15) is 15.2 Å². The second-order valence-corrected chi connectivity index (χ2v) is 5.12. The second kappa shape index (κ2) is 4.36. The summed E-state index contributed by atoms with van der Waals surface area (Å²) < 4.78 is 0. The molecule has 6 nitrogen and oxygen atoms in total. The Morgan fingerprint density at radius 2 is 1.50 bits per heavy atom. The van der Waals surface area contributed by atoms with Crippen LogP contribution < -0.4 is 0 Å². The highest BCUT2D eigenvalue weighted by Crippen LogP contribution is 2.36. The van der Waals surface area contributed by atoms with E-state index in [0.29, 0.717) is 0 Å². The molecule has 2 aromatic heterocycles. The molecule has 0 aliphatic heterocycles. The molecule has 0 saturated heterocycles. The summed E-state index contributed by atoms with van der Waals surface area (Å²) in [6, 6.07) is 9.82. The summed E-state index contributed by atoms with van der Waals surface area (Å²) in [6.07, 6.45) is 3.66. The van der Waals surface area contributed by atoms with E-state index in [2.05, 4.69) is 9.97 Å². The number of benzene rings is 2. The van der Waals surface area contributed by atoms with Gasteiger partial charge in [-0.05, 0) is 24.3 Å². The van der Waals surface area contributed by atoms with Crippen molar-refractivity contribution in [2.24, 2.45) is 0 Å². The largest absolute Gasteiger partial charge is 0.508 e. The summed E-state index contributed by atoms with van der Waals surface area (Å²) >= 11 is 0.